The number of nitrogens with one attached hydrogen (secondary N) is 1. The molecule has 0 spiro atoms. The maximum absolute atomic E-state index is 13.2. The highest BCUT2D eigenvalue weighted by Gasteiger charge is 2.12. The van der Waals surface area contributed by atoms with Gasteiger partial charge in [0.05, 0.1) is 10.2 Å². The Morgan fingerprint density at radius 2 is 1.89 bits per heavy atom. The van der Waals surface area contributed by atoms with Crippen molar-refractivity contribution in [3.8, 4) is 0 Å². The normalized spacial score (nSPS) is 10.3. The number of amides is 1. The lowest BCUT2D eigenvalue weighted by molar-refractivity contribution is 0.102. The van der Waals surface area contributed by atoms with Crippen LogP contribution in [0.2, 0.25) is 0 Å². The second-order valence-electron chi connectivity index (χ2n) is 3.56. The lowest BCUT2D eigenvalue weighted by atomic mass is 10.2. The molecular weight excluding hydrogens is 325 g/mol. The highest BCUT2D eigenvalue weighted by atomic mass is 79.9. The third-order valence-corrected chi connectivity index (χ3v) is 2.89. The summed E-state index contributed by atoms with van der Waals surface area (Å²) in [4.78, 5) is 14.7. The summed E-state index contributed by atoms with van der Waals surface area (Å²) in [6.07, 6.45) is 0. The van der Waals surface area contributed by atoms with Gasteiger partial charge in [-0.3, -0.25) is 4.79 Å². The van der Waals surface area contributed by atoms with Gasteiger partial charge in [-0.05, 0) is 46.3 Å². The summed E-state index contributed by atoms with van der Waals surface area (Å²) in [5.41, 5.74) is -0.279. The third-order valence-electron chi connectivity index (χ3n) is 2.24. The molecule has 1 aromatic heterocycles. The quantitative estimate of drug-likeness (QED) is 0.856. The number of carbonyl (C=O) groups excluding carboxylic acids is 1. The monoisotopic (exact) mass is 330 g/mol. The van der Waals surface area contributed by atoms with Crippen LogP contribution in [0.25, 0.3) is 0 Å². The summed E-state index contributed by atoms with van der Waals surface area (Å²) in [6.45, 7) is 0. The van der Waals surface area contributed by atoms with Gasteiger partial charge in [0.2, 0.25) is 11.9 Å². The summed E-state index contributed by atoms with van der Waals surface area (Å²) in [6, 6.07) is 5.64. The van der Waals surface area contributed by atoms with Crippen molar-refractivity contribution in [2.24, 2.45) is 0 Å². The highest BCUT2D eigenvalue weighted by Crippen LogP contribution is 2.18. The zero-order valence-corrected chi connectivity index (χ0v) is 10.8. The smallest absolute Gasteiger partial charge is 0.255 e. The van der Waals surface area contributed by atoms with Crippen molar-refractivity contribution in [1.29, 1.82) is 0 Å². The molecule has 0 aliphatic rings. The Balaban J connectivity index is 2.23. The van der Waals surface area contributed by atoms with Crippen molar-refractivity contribution in [2.75, 3.05) is 5.32 Å². The molecule has 1 N–H and O–H groups in total. The van der Waals surface area contributed by atoms with E-state index in [1.807, 2.05) is 0 Å². The van der Waals surface area contributed by atoms with E-state index < -0.39 is 23.6 Å². The Bertz CT molecular complexity index is 649. The van der Waals surface area contributed by atoms with E-state index in [1.54, 1.807) is 0 Å². The maximum atomic E-state index is 13.2. The predicted octanol–water partition coefficient (Wildman–Crippen LogP) is 3.51. The zero-order chi connectivity index (χ0) is 14.0. The van der Waals surface area contributed by atoms with Gasteiger partial charge in [-0.1, -0.05) is 0 Å². The predicted molar refractivity (Wildman–Crippen MR) is 66.2 cm³/mol. The molecular formula is C12H6BrF3N2O. The van der Waals surface area contributed by atoms with Gasteiger partial charge in [-0.15, -0.1) is 0 Å². The van der Waals surface area contributed by atoms with E-state index in [9.17, 15) is 18.0 Å². The molecule has 1 heterocycles. The molecule has 0 aliphatic heterocycles. The molecule has 0 atom stereocenters. The van der Waals surface area contributed by atoms with E-state index in [4.69, 9.17) is 0 Å². The topological polar surface area (TPSA) is 42.0 Å². The van der Waals surface area contributed by atoms with Crippen LogP contribution in [0.5, 0.6) is 0 Å². The first-order valence-electron chi connectivity index (χ1n) is 5.06. The molecule has 3 nitrogen and oxygen atoms in total. The average molecular weight is 331 g/mol. The minimum absolute atomic E-state index is 0.00410. The van der Waals surface area contributed by atoms with E-state index in [-0.39, 0.29) is 15.7 Å². The van der Waals surface area contributed by atoms with Crippen molar-refractivity contribution in [1.82, 2.24) is 4.98 Å². The number of aromatic nitrogens is 1. The van der Waals surface area contributed by atoms with Crippen LogP contribution in [0.3, 0.4) is 0 Å². The second-order valence-corrected chi connectivity index (χ2v) is 4.41. The fourth-order valence-electron chi connectivity index (χ4n) is 1.34. The Morgan fingerprint density at radius 3 is 2.53 bits per heavy atom. The van der Waals surface area contributed by atoms with Crippen LogP contribution >= 0.6 is 15.9 Å². The van der Waals surface area contributed by atoms with Crippen LogP contribution in [0, 0.1) is 17.7 Å². The first-order chi connectivity index (χ1) is 8.97. The van der Waals surface area contributed by atoms with Crippen LogP contribution in [-0.2, 0) is 0 Å². The standard InChI is InChI=1S/C12H6BrF3N2O/c13-7-2-1-6(5-8(7)14)12(19)17-9-3-4-10(15)18-11(9)16/h1-5H,(H,17,19). The molecule has 0 fully saturated rings. The SMILES string of the molecule is O=C(Nc1ccc(F)nc1F)c1ccc(Br)c(F)c1. The van der Waals surface area contributed by atoms with Gasteiger partial charge < -0.3 is 5.32 Å². The van der Waals surface area contributed by atoms with E-state index in [0.717, 1.165) is 18.2 Å². The van der Waals surface area contributed by atoms with Crippen LogP contribution in [0.4, 0.5) is 18.9 Å². The summed E-state index contributed by atoms with van der Waals surface area (Å²) in [5.74, 6) is -3.49. The Morgan fingerprint density at radius 1 is 1.16 bits per heavy atom. The molecule has 0 bridgehead atoms. The van der Waals surface area contributed by atoms with Gasteiger partial charge in [-0.2, -0.15) is 13.8 Å². The van der Waals surface area contributed by atoms with E-state index in [1.165, 1.54) is 12.1 Å². The number of anilines is 1. The molecule has 2 aromatic rings. The van der Waals surface area contributed by atoms with Gasteiger partial charge >= 0.3 is 0 Å². The molecule has 0 saturated carbocycles. The first kappa shape index (κ1) is 13.5. The minimum Gasteiger partial charge on any atom is -0.318 e. The lowest BCUT2D eigenvalue weighted by Gasteiger charge is -2.06. The molecule has 98 valence electrons. The van der Waals surface area contributed by atoms with Gasteiger partial charge in [0.1, 0.15) is 5.82 Å². The number of hydrogen-bond acceptors (Lipinski definition) is 2. The van der Waals surface area contributed by atoms with Gasteiger partial charge in [0.15, 0.2) is 0 Å². The maximum Gasteiger partial charge on any atom is 0.255 e. The van der Waals surface area contributed by atoms with Crippen molar-refractivity contribution in [2.45, 2.75) is 0 Å². The first-order valence-corrected chi connectivity index (χ1v) is 5.85. The van der Waals surface area contributed by atoms with Crippen LogP contribution in [-0.4, -0.2) is 10.9 Å². The Hall–Kier alpha value is -1.89. The Kier molecular flexibility index (Phi) is 3.84. The van der Waals surface area contributed by atoms with Crippen molar-refractivity contribution in [3.05, 3.63) is 58.1 Å². The largest absolute Gasteiger partial charge is 0.318 e. The number of nitrogens with zero attached hydrogens (tertiary/aromatic N) is 1. The highest BCUT2D eigenvalue weighted by molar-refractivity contribution is 9.10. The molecule has 1 amide bonds. The summed E-state index contributed by atoms with van der Waals surface area (Å²) < 4.78 is 39.3. The van der Waals surface area contributed by atoms with Crippen LogP contribution in [0.1, 0.15) is 10.4 Å². The van der Waals surface area contributed by atoms with Gasteiger partial charge in [-0.25, -0.2) is 4.39 Å². The zero-order valence-electron chi connectivity index (χ0n) is 9.25. The summed E-state index contributed by atoms with van der Waals surface area (Å²) in [7, 11) is 0. The van der Waals surface area contributed by atoms with E-state index in [2.05, 4.69) is 26.2 Å². The molecule has 0 saturated heterocycles. The molecule has 2 rings (SSSR count). The third kappa shape index (κ3) is 3.11. The number of pyridine rings is 1. The molecule has 1 aromatic carbocycles. The lowest BCUT2D eigenvalue weighted by Crippen LogP contribution is -2.14. The molecule has 0 unspecified atom stereocenters. The summed E-state index contributed by atoms with van der Waals surface area (Å²) >= 11 is 2.95. The number of rotatable bonds is 2. The molecule has 0 aliphatic carbocycles. The fourth-order valence-corrected chi connectivity index (χ4v) is 1.58. The minimum atomic E-state index is -1.15. The average Bonchev–Trinajstić information content (AvgIpc) is 2.36. The van der Waals surface area contributed by atoms with Crippen molar-refractivity contribution in [3.63, 3.8) is 0 Å². The molecule has 19 heavy (non-hydrogen) atoms. The van der Waals surface area contributed by atoms with Crippen LogP contribution in [0.15, 0.2) is 34.8 Å². The Labute approximate surface area is 114 Å². The second kappa shape index (κ2) is 5.40. The number of hydrogen-bond donors (Lipinski definition) is 1. The van der Waals surface area contributed by atoms with E-state index >= 15 is 0 Å². The molecule has 0 radical (unpaired) electrons. The van der Waals surface area contributed by atoms with Gasteiger partial charge in [0.25, 0.3) is 5.91 Å². The fraction of sp³-hybridized carbons (Fsp3) is 0. The number of benzene rings is 1. The van der Waals surface area contributed by atoms with Crippen molar-refractivity contribution >= 4 is 27.5 Å². The van der Waals surface area contributed by atoms with E-state index in [0.29, 0.717) is 0 Å². The number of carbonyl (C=O) groups is 1. The van der Waals surface area contributed by atoms with Crippen LogP contribution < -0.4 is 5.32 Å². The van der Waals surface area contributed by atoms with Gasteiger partial charge in [0, 0.05) is 5.56 Å². The van der Waals surface area contributed by atoms with Crippen molar-refractivity contribution < 1.29 is 18.0 Å². The summed E-state index contributed by atoms with van der Waals surface area (Å²) in [5, 5.41) is 2.18. The number of halogens is 4. The molecule has 7 heteroatoms.